The molecule has 17 heavy (non-hydrogen) atoms. The Morgan fingerprint density at radius 2 is 1.59 bits per heavy atom. The summed E-state index contributed by atoms with van der Waals surface area (Å²) in [6.45, 7) is 14.5. The van der Waals surface area contributed by atoms with Gasteiger partial charge in [0.05, 0.1) is 0 Å². The van der Waals surface area contributed by atoms with Crippen molar-refractivity contribution in [2.45, 2.75) is 73.6 Å². The van der Waals surface area contributed by atoms with Crippen molar-refractivity contribution < 1.29 is 0 Å². The highest BCUT2D eigenvalue weighted by atomic mass is 14.4. The van der Waals surface area contributed by atoms with Gasteiger partial charge in [-0.05, 0) is 48.3 Å². The van der Waals surface area contributed by atoms with E-state index < -0.39 is 0 Å². The van der Waals surface area contributed by atoms with Gasteiger partial charge in [0.15, 0.2) is 0 Å². The molecule has 3 atom stereocenters. The summed E-state index contributed by atoms with van der Waals surface area (Å²) in [5.41, 5.74) is 0. The molecule has 0 N–H and O–H groups in total. The summed E-state index contributed by atoms with van der Waals surface area (Å²) in [4.78, 5) is 0. The lowest BCUT2D eigenvalue weighted by Crippen LogP contribution is -2.28. The summed E-state index contributed by atoms with van der Waals surface area (Å²) in [7, 11) is 0. The minimum atomic E-state index is 0.851. The van der Waals surface area contributed by atoms with E-state index in [0.717, 1.165) is 35.5 Å². The van der Waals surface area contributed by atoms with E-state index in [4.69, 9.17) is 0 Å². The van der Waals surface area contributed by atoms with E-state index in [0.29, 0.717) is 0 Å². The summed E-state index contributed by atoms with van der Waals surface area (Å²) in [6, 6.07) is 0. The fourth-order valence-electron chi connectivity index (χ4n) is 3.88. The van der Waals surface area contributed by atoms with Crippen LogP contribution in [0.3, 0.4) is 0 Å². The summed E-state index contributed by atoms with van der Waals surface area (Å²) in [5.74, 6) is 5.63. The fourth-order valence-corrected chi connectivity index (χ4v) is 3.88. The van der Waals surface area contributed by atoms with Crippen LogP contribution in [0.15, 0.2) is 0 Å². The fraction of sp³-hybridized carbons (Fsp3) is 1.00. The summed E-state index contributed by atoms with van der Waals surface area (Å²) in [6.07, 6.45) is 7.35. The number of hydrogen-bond donors (Lipinski definition) is 0. The molecule has 1 aliphatic carbocycles. The van der Waals surface area contributed by atoms with Crippen molar-refractivity contribution in [3.63, 3.8) is 0 Å². The SMILES string of the molecule is CCC1CCC(C)C(CC(C(C)C)C(C)C)C1. The monoisotopic (exact) mass is 238 g/mol. The molecule has 0 heterocycles. The topological polar surface area (TPSA) is 0 Å². The van der Waals surface area contributed by atoms with Crippen LogP contribution in [0.4, 0.5) is 0 Å². The molecule has 1 rings (SSSR count). The molecule has 102 valence electrons. The molecule has 0 radical (unpaired) electrons. The van der Waals surface area contributed by atoms with Crippen LogP contribution in [-0.4, -0.2) is 0 Å². The van der Waals surface area contributed by atoms with Gasteiger partial charge < -0.3 is 0 Å². The zero-order valence-electron chi connectivity index (χ0n) is 13.0. The molecule has 0 bridgehead atoms. The van der Waals surface area contributed by atoms with Gasteiger partial charge in [-0.1, -0.05) is 60.8 Å². The Morgan fingerprint density at radius 3 is 2.06 bits per heavy atom. The predicted octanol–water partition coefficient (Wildman–Crippen LogP) is 5.77. The third-order valence-electron chi connectivity index (χ3n) is 5.34. The van der Waals surface area contributed by atoms with Gasteiger partial charge in [0.2, 0.25) is 0 Å². The van der Waals surface area contributed by atoms with E-state index in [-0.39, 0.29) is 0 Å². The third kappa shape index (κ3) is 4.30. The standard InChI is InChI=1S/C17H34/c1-7-15-9-8-14(6)16(10-15)11-17(12(2)3)13(4)5/h12-17H,7-11H2,1-6H3. The first-order valence-corrected chi connectivity index (χ1v) is 7.95. The Morgan fingerprint density at radius 1 is 1.00 bits per heavy atom. The molecule has 0 amide bonds. The quantitative estimate of drug-likeness (QED) is 0.570. The van der Waals surface area contributed by atoms with Gasteiger partial charge in [0, 0.05) is 0 Å². The molecule has 0 aromatic rings. The molecule has 1 fully saturated rings. The Hall–Kier alpha value is 0. The minimum Gasteiger partial charge on any atom is -0.0651 e. The molecule has 1 aliphatic rings. The van der Waals surface area contributed by atoms with Crippen LogP contribution in [-0.2, 0) is 0 Å². The zero-order chi connectivity index (χ0) is 13.0. The van der Waals surface area contributed by atoms with Crippen molar-refractivity contribution in [3.05, 3.63) is 0 Å². The van der Waals surface area contributed by atoms with Crippen LogP contribution in [0, 0.1) is 35.5 Å². The molecule has 0 spiro atoms. The Bertz CT molecular complexity index is 196. The Balaban J connectivity index is 2.57. The molecule has 0 aromatic carbocycles. The van der Waals surface area contributed by atoms with Crippen molar-refractivity contribution >= 4 is 0 Å². The lowest BCUT2D eigenvalue weighted by Gasteiger charge is -2.38. The highest BCUT2D eigenvalue weighted by molar-refractivity contribution is 4.81. The molecular formula is C17H34. The number of hydrogen-bond acceptors (Lipinski definition) is 0. The molecule has 0 aliphatic heterocycles. The molecular weight excluding hydrogens is 204 g/mol. The lowest BCUT2D eigenvalue weighted by atomic mass is 9.68. The minimum absolute atomic E-state index is 0.851. The van der Waals surface area contributed by atoms with Gasteiger partial charge in [-0.25, -0.2) is 0 Å². The van der Waals surface area contributed by atoms with Crippen molar-refractivity contribution in [2.75, 3.05) is 0 Å². The van der Waals surface area contributed by atoms with Gasteiger partial charge >= 0.3 is 0 Å². The predicted molar refractivity (Wildman–Crippen MR) is 78.1 cm³/mol. The van der Waals surface area contributed by atoms with Gasteiger partial charge in [-0.15, -0.1) is 0 Å². The van der Waals surface area contributed by atoms with Crippen molar-refractivity contribution in [1.29, 1.82) is 0 Å². The smallest absolute Gasteiger partial charge is 0.0365 e. The Labute approximate surface area is 110 Å². The second kappa shape index (κ2) is 6.81. The molecule has 0 heteroatoms. The van der Waals surface area contributed by atoms with Gasteiger partial charge in [0.25, 0.3) is 0 Å². The maximum atomic E-state index is 2.49. The summed E-state index contributed by atoms with van der Waals surface area (Å²) in [5, 5.41) is 0. The average molecular weight is 238 g/mol. The third-order valence-corrected chi connectivity index (χ3v) is 5.34. The van der Waals surface area contributed by atoms with Gasteiger partial charge in [-0.3, -0.25) is 0 Å². The van der Waals surface area contributed by atoms with E-state index in [2.05, 4.69) is 41.5 Å². The van der Waals surface area contributed by atoms with Crippen LogP contribution in [0.5, 0.6) is 0 Å². The highest BCUT2D eigenvalue weighted by Crippen LogP contribution is 2.41. The van der Waals surface area contributed by atoms with Crippen molar-refractivity contribution in [2.24, 2.45) is 35.5 Å². The molecule has 0 aromatic heterocycles. The van der Waals surface area contributed by atoms with E-state index in [1.807, 2.05) is 0 Å². The first-order chi connectivity index (χ1) is 7.95. The first kappa shape index (κ1) is 15.1. The second-order valence-corrected chi connectivity index (χ2v) is 7.21. The summed E-state index contributed by atoms with van der Waals surface area (Å²) >= 11 is 0. The van der Waals surface area contributed by atoms with Crippen LogP contribution in [0.25, 0.3) is 0 Å². The van der Waals surface area contributed by atoms with Crippen LogP contribution >= 0.6 is 0 Å². The molecule has 1 saturated carbocycles. The van der Waals surface area contributed by atoms with E-state index in [1.54, 1.807) is 0 Å². The van der Waals surface area contributed by atoms with E-state index in [9.17, 15) is 0 Å². The summed E-state index contributed by atoms with van der Waals surface area (Å²) < 4.78 is 0. The van der Waals surface area contributed by atoms with Crippen LogP contribution in [0.1, 0.15) is 73.6 Å². The van der Waals surface area contributed by atoms with Crippen molar-refractivity contribution in [1.82, 2.24) is 0 Å². The molecule has 0 saturated heterocycles. The average Bonchev–Trinajstić information content (AvgIpc) is 2.27. The highest BCUT2D eigenvalue weighted by Gasteiger charge is 2.30. The van der Waals surface area contributed by atoms with Gasteiger partial charge in [0.1, 0.15) is 0 Å². The number of rotatable bonds is 5. The largest absolute Gasteiger partial charge is 0.0651 e. The van der Waals surface area contributed by atoms with E-state index in [1.165, 1.54) is 32.1 Å². The Kier molecular flexibility index (Phi) is 6.03. The van der Waals surface area contributed by atoms with Gasteiger partial charge in [-0.2, -0.15) is 0 Å². The zero-order valence-corrected chi connectivity index (χ0v) is 13.0. The van der Waals surface area contributed by atoms with E-state index >= 15 is 0 Å². The maximum absolute atomic E-state index is 2.49. The molecule has 3 unspecified atom stereocenters. The van der Waals surface area contributed by atoms with Crippen LogP contribution < -0.4 is 0 Å². The lowest BCUT2D eigenvalue weighted by molar-refractivity contribution is 0.127. The van der Waals surface area contributed by atoms with Crippen molar-refractivity contribution in [3.8, 4) is 0 Å². The second-order valence-electron chi connectivity index (χ2n) is 7.21. The maximum Gasteiger partial charge on any atom is -0.0365 e. The first-order valence-electron chi connectivity index (χ1n) is 7.95. The normalized spacial score (nSPS) is 30.5. The van der Waals surface area contributed by atoms with Crippen LogP contribution in [0.2, 0.25) is 0 Å². The molecule has 0 nitrogen and oxygen atoms in total.